The molecule has 0 unspecified atom stereocenters. The molecule has 138 valence electrons. The topological polar surface area (TPSA) is 72.4 Å². The van der Waals surface area contributed by atoms with Crippen molar-refractivity contribution in [1.29, 1.82) is 0 Å². The number of anilines is 1. The van der Waals surface area contributed by atoms with Crippen LogP contribution in [0.2, 0.25) is 0 Å². The van der Waals surface area contributed by atoms with Gasteiger partial charge in [-0.15, -0.1) is 0 Å². The van der Waals surface area contributed by atoms with E-state index in [2.05, 4.69) is 22.4 Å². The molecule has 3 aromatic rings. The van der Waals surface area contributed by atoms with E-state index in [1.54, 1.807) is 11.6 Å². The smallest absolute Gasteiger partial charge is 0.255 e. The molecule has 5 nitrogen and oxygen atoms in total. The molecule has 27 heavy (non-hydrogen) atoms. The van der Waals surface area contributed by atoms with Gasteiger partial charge in [-0.1, -0.05) is 30.3 Å². The van der Waals surface area contributed by atoms with Crippen LogP contribution in [0.25, 0.3) is 10.9 Å². The van der Waals surface area contributed by atoms with E-state index >= 15 is 0 Å². The van der Waals surface area contributed by atoms with Crippen molar-refractivity contribution in [3.8, 4) is 0 Å². The number of aryl methyl sites for hydroxylation is 2. The van der Waals surface area contributed by atoms with Gasteiger partial charge in [0.05, 0.1) is 12.1 Å². The molecular weight excluding hydrogens is 336 g/mol. The first-order valence-electron chi connectivity index (χ1n) is 9.39. The number of pyridine rings is 1. The monoisotopic (exact) mass is 360 g/mol. The Morgan fingerprint density at radius 1 is 1.15 bits per heavy atom. The number of hydrogen-bond acceptors (Lipinski definition) is 2. The molecule has 0 fully saturated rings. The molecule has 0 aliphatic heterocycles. The van der Waals surface area contributed by atoms with E-state index in [0.29, 0.717) is 11.5 Å². The average molecular weight is 360 g/mol. The van der Waals surface area contributed by atoms with E-state index in [0.717, 1.165) is 29.4 Å². The summed E-state index contributed by atoms with van der Waals surface area (Å²) in [5.41, 5.74) is 11.4. The second-order valence-electron chi connectivity index (χ2n) is 7.07. The van der Waals surface area contributed by atoms with Crippen LogP contribution >= 0.6 is 0 Å². The minimum absolute atomic E-state index is 0.0395. The molecular formula is C22H24N4O. The molecule has 0 spiro atoms. The van der Waals surface area contributed by atoms with Crippen LogP contribution in [0.3, 0.4) is 0 Å². The molecule has 0 saturated heterocycles. The van der Waals surface area contributed by atoms with E-state index in [1.807, 2.05) is 36.4 Å². The Bertz CT molecular complexity index is 1080. The van der Waals surface area contributed by atoms with Crippen molar-refractivity contribution in [3.05, 3.63) is 75.6 Å². The fourth-order valence-electron chi connectivity index (χ4n) is 3.85. The van der Waals surface area contributed by atoms with Crippen molar-refractivity contribution in [2.45, 2.75) is 32.2 Å². The maximum Gasteiger partial charge on any atom is 0.255 e. The highest BCUT2D eigenvalue weighted by Crippen LogP contribution is 2.27. The summed E-state index contributed by atoms with van der Waals surface area (Å²) >= 11 is 0. The lowest BCUT2D eigenvalue weighted by atomic mass is 9.90. The first-order valence-corrected chi connectivity index (χ1v) is 9.39. The van der Waals surface area contributed by atoms with E-state index in [9.17, 15) is 4.79 Å². The minimum Gasteiger partial charge on any atom is -0.370 e. The molecule has 3 N–H and O–H groups in total. The van der Waals surface area contributed by atoms with Gasteiger partial charge in [-0.3, -0.25) is 4.79 Å². The highest BCUT2D eigenvalue weighted by Gasteiger charge is 2.13. The minimum atomic E-state index is -0.0395. The van der Waals surface area contributed by atoms with Gasteiger partial charge in [0.25, 0.3) is 5.56 Å². The van der Waals surface area contributed by atoms with Gasteiger partial charge in [-0.2, -0.15) is 0 Å². The van der Waals surface area contributed by atoms with Gasteiger partial charge in [0.1, 0.15) is 0 Å². The van der Waals surface area contributed by atoms with Gasteiger partial charge in [-0.25, -0.2) is 4.99 Å². The second-order valence-corrected chi connectivity index (χ2v) is 7.07. The largest absolute Gasteiger partial charge is 0.370 e. The van der Waals surface area contributed by atoms with E-state index in [1.165, 1.54) is 24.0 Å². The maximum absolute atomic E-state index is 12.6. The number of aromatic nitrogens is 1. The number of benzene rings is 2. The van der Waals surface area contributed by atoms with E-state index < -0.39 is 0 Å². The molecule has 0 radical (unpaired) electrons. The van der Waals surface area contributed by atoms with E-state index in [-0.39, 0.29) is 12.1 Å². The second kappa shape index (κ2) is 7.27. The third-order valence-corrected chi connectivity index (χ3v) is 5.29. The lowest BCUT2D eigenvalue weighted by Gasteiger charge is -2.19. The van der Waals surface area contributed by atoms with Crippen molar-refractivity contribution in [2.24, 2.45) is 17.8 Å². The highest BCUT2D eigenvalue weighted by molar-refractivity contribution is 5.93. The summed E-state index contributed by atoms with van der Waals surface area (Å²) < 4.78 is 1.66. The Kier molecular flexibility index (Phi) is 4.67. The van der Waals surface area contributed by atoms with Gasteiger partial charge < -0.3 is 15.6 Å². The third kappa shape index (κ3) is 3.45. The molecule has 0 saturated carbocycles. The lowest BCUT2D eigenvalue weighted by molar-refractivity contribution is 0.687. The molecule has 2 aromatic carbocycles. The van der Waals surface area contributed by atoms with Crippen LogP contribution in [-0.2, 0) is 26.4 Å². The number of guanidine groups is 1. The molecule has 1 aliphatic carbocycles. The quantitative estimate of drug-likeness (QED) is 0.556. The number of nitrogens with one attached hydrogen (secondary N) is 1. The number of rotatable bonds is 3. The summed E-state index contributed by atoms with van der Waals surface area (Å²) in [5, 5.41) is 4.25. The van der Waals surface area contributed by atoms with Gasteiger partial charge in [0.2, 0.25) is 0 Å². The Balaban J connectivity index is 1.58. The molecule has 5 heteroatoms. The molecule has 0 atom stereocenters. The van der Waals surface area contributed by atoms with Crippen LogP contribution < -0.4 is 16.6 Å². The van der Waals surface area contributed by atoms with Crippen molar-refractivity contribution < 1.29 is 0 Å². The van der Waals surface area contributed by atoms with Crippen molar-refractivity contribution in [1.82, 2.24) is 4.57 Å². The van der Waals surface area contributed by atoms with Crippen LogP contribution in [0.5, 0.6) is 0 Å². The fraction of sp³-hybridized carbons (Fsp3) is 0.273. The predicted octanol–water partition coefficient (Wildman–Crippen LogP) is 3.34. The number of aliphatic imine (C=N–C) groups is 1. The molecule has 4 rings (SSSR count). The lowest BCUT2D eigenvalue weighted by Crippen LogP contribution is -2.25. The summed E-state index contributed by atoms with van der Waals surface area (Å²) in [5.74, 6) is 0.337. The Hall–Kier alpha value is -3.08. The Morgan fingerprint density at radius 3 is 2.85 bits per heavy atom. The van der Waals surface area contributed by atoms with E-state index in [4.69, 9.17) is 5.73 Å². The summed E-state index contributed by atoms with van der Waals surface area (Å²) in [7, 11) is 1.79. The van der Waals surface area contributed by atoms with Crippen molar-refractivity contribution >= 4 is 22.5 Å². The summed E-state index contributed by atoms with van der Waals surface area (Å²) in [6, 6.07) is 16.0. The summed E-state index contributed by atoms with van der Waals surface area (Å²) in [6.45, 7) is 0.255. The maximum atomic E-state index is 12.6. The zero-order chi connectivity index (χ0) is 18.8. The van der Waals surface area contributed by atoms with Crippen molar-refractivity contribution in [3.63, 3.8) is 0 Å². The first kappa shape index (κ1) is 17.3. The van der Waals surface area contributed by atoms with Gasteiger partial charge in [0.15, 0.2) is 5.96 Å². The van der Waals surface area contributed by atoms with Gasteiger partial charge >= 0.3 is 0 Å². The van der Waals surface area contributed by atoms with Crippen molar-refractivity contribution in [2.75, 3.05) is 5.32 Å². The molecule has 0 amide bonds. The number of para-hydroxylation sites is 1. The van der Waals surface area contributed by atoms with Gasteiger partial charge in [-0.05, 0) is 60.4 Å². The highest BCUT2D eigenvalue weighted by atomic mass is 16.1. The number of nitrogens with zero attached hydrogens (tertiary/aromatic N) is 2. The molecule has 1 aromatic heterocycles. The summed E-state index contributed by atoms with van der Waals surface area (Å²) in [4.78, 5) is 17.0. The number of nitrogens with two attached hydrogens (primary N) is 1. The predicted molar refractivity (Wildman–Crippen MR) is 111 cm³/mol. The Labute approximate surface area is 158 Å². The first-order chi connectivity index (χ1) is 13.1. The van der Waals surface area contributed by atoms with Crippen LogP contribution in [0.4, 0.5) is 5.69 Å². The SMILES string of the molecule is Cn1c(=O)c(CN=C(N)Nc2cccc3c2CCCC3)cc2ccccc21. The zero-order valence-corrected chi connectivity index (χ0v) is 15.5. The third-order valence-electron chi connectivity index (χ3n) is 5.29. The average Bonchev–Trinajstić information content (AvgIpc) is 2.70. The van der Waals surface area contributed by atoms with Crippen LogP contribution in [0.1, 0.15) is 29.5 Å². The number of hydrogen-bond donors (Lipinski definition) is 2. The molecule has 1 heterocycles. The van der Waals surface area contributed by atoms with Crippen LogP contribution in [0.15, 0.2) is 58.3 Å². The Morgan fingerprint density at radius 2 is 1.96 bits per heavy atom. The molecule has 1 aliphatic rings. The zero-order valence-electron chi connectivity index (χ0n) is 15.5. The van der Waals surface area contributed by atoms with Crippen LogP contribution in [-0.4, -0.2) is 10.5 Å². The normalized spacial score (nSPS) is 14.2. The van der Waals surface area contributed by atoms with Gasteiger partial charge in [0, 0.05) is 18.3 Å². The number of fused-ring (bicyclic) bond motifs is 2. The summed E-state index contributed by atoms with van der Waals surface area (Å²) in [6.07, 6.45) is 4.63. The standard InChI is InChI=1S/C22H24N4O/c1-26-20-12-5-3-8-16(20)13-17(21(26)27)14-24-22(23)25-19-11-6-9-15-7-2-4-10-18(15)19/h3,5-6,8-9,11-13H,2,4,7,10,14H2,1H3,(H3,23,24,25). The molecule has 0 bridgehead atoms. The fourth-order valence-corrected chi connectivity index (χ4v) is 3.85. The van der Waals surface area contributed by atoms with Crippen LogP contribution in [0, 0.1) is 0 Å².